The van der Waals surface area contributed by atoms with Crippen LogP contribution in [-0.2, 0) is 6.61 Å². The lowest BCUT2D eigenvalue weighted by molar-refractivity contribution is 0.284. The van der Waals surface area contributed by atoms with Crippen molar-refractivity contribution in [2.75, 3.05) is 7.11 Å². The lowest BCUT2D eigenvalue weighted by atomic mass is 10.2. The van der Waals surface area contributed by atoms with Crippen molar-refractivity contribution < 1.29 is 9.47 Å². The predicted molar refractivity (Wildman–Crippen MR) is 115 cm³/mol. The topological polar surface area (TPSA) is 42.8 Å². The fourth-order valence-corrected chi connectivity index (χ4v) is 4.05. The van der Waals surface area contributed by atoms with Crippen LogP contribution in [0.1, 0.15) is 22.1 Å². The molecule has 0 saturated heterocycles. The van der Waals surface area contributed by atoms with E-state index >= 15 is 0 Å². The van der Waals surface area contributed by atoms with Gasteiger partial charge in [0.2, 0.25) is 0 Å². The average Bonchev–Trinajstić information content (AvgIpc) is 3.24. The lowest BCUT2D eigenvalue weighted by Gasteiger charge is -2.15. The van der Waals surface area contributed by atoms with Gasteiger partial charge in [-0.3, -0.25) is 5.43 Å². The molecule has 0 aliphatic carbocycles. The molecular weight excluding hydrogens is 392 g/mol. The van der Waals surface area contributed by atoms with Crippen LogP contribution >= 0.6 is 23.4 Å². The molecule has 0 radical (unpaired) electrons. The van der Waals surface area contributed by atoms with Crippen LogP contribution in [0.25, 0.3) is 0 Å². The van der Waals surface area contributed by atoms with E-state index in [0.717, 1.165) is 21.7 Å². The molecule has 28 heavy (non-hydrogen) atoms. The minimum atomic E-state index is 0.0294. The van der Waals surface area contributed by atoms with E-state index in [4.69, 9.17) is 21.1 Å². The second-order valence-corrected chi connectivity index (χ2v) is 7.70. The Morgan fingerprint density at radius 3 is 2.57 bits per heavy atom. The molecule has 0 fully saturated rings. The highest BCUT2D eigenvalue weighted by atomic mass is 35.5. The first-order valence-electron chi connectivity index (χ1n) is 8.84. The predicted octanol–water partition coefficient (Wildman–Crippen LogP) is 5.62. The monoisotopic (exact) mass is 410 g/mol. The summed E-state index contributed by atoms with van der Waals surface area (Å²) in [7, 11) is 1.64. The van der Waals surface area contributed by atoms with Crippen molar-refractivity contribution in [3.8, 4) is 11.5 Å². The zero-order valence-corrected chi connectivity index (χ0v) is 16.8. The molecule has 0 aromatic heterocycles. The summed E-state index contributed by atoms with van der Waals surface area (Å²) in [5.41, 5.74) is 6.31. The van der Waals surface area contributed by atoms with Crippen LogP contribution < -0.4 is 14.9 Å². The van der Waals surface area contributed by atoms with Crippen molar-refractivity contribution >= 4 is 28.4 Å². The van der Waals surface area contributed by atoms with Crippen molar-refractivity contribution in [3.05, 3.63) is 94.5 Å². The normalized spacial score (nSPS) is 15.6. The van der Waals surface area contributed by atoms with Crippen LogP contribution in [0.4, 0.5) is 0 Å². The summed E-state index contributed by atoms with van der Waals surface area (Å²) in [5, 5.41) is 6.17. The lowest BCUT2D eigenvalue weighted by Crippen LogP contribution is -2.07. The molecule has 0 spiro atoms. The Labute approximate surface area is 173 Å². The van der Waals surface area contributed by atoms with E-state index in [1.54, 1.807) is 18.9 Å². The smallest absolute Gasteiger partial charge is 0.161 e. The number of hydrogen-bond acceptors (Lipinski definition) is 5. The van der Waals surface area contributed by atoms with Crippen LogP contribution in [0, 0.1) is 0 Å². The third-order valence-electron chi connectivity index (χ3n) is 4.37. The zero-order valence-electron chi connectivity index (χ0n) is 15.3. The summed E-state index contributed by atoms with van der Waals surface area (Å²) in [4.78, 5) is 0. The number of thioether (sulfide) groups is 1. The van der Waals surface area contributed by atoms with Crippen LogP contribution in [0.3, 0.4) is 0 Å². The highest BCUT2D eigenvalue weighted by Gasteiger charge is 2.23. The van der Waals surface area contributed by atoms with Crippen molar-refractivity contribution in [2.45, 2.75) is 12.0 Å². The van der Waals surface area contributed by atoms with Crippen molar-refractivity contribution in [1.29, 1.82) is 0 Å². The van der Waals surface area contributed by atoms with Gasteiger partial charge in [-0.15, -0.1) is 0 Å². The number of hydrogen-bond donors (Lipinski definition) is 1. The number of rotatable bonds is 6. The minimum Gasteiger partial charge on any atom is -0.493 e. The van der Waals surface area contributed by atoms with E-state index in [1.807, 2.05) is 60.7 Å². The van der Waals surface area contributed by atoms with Crippen LogP contribution in [0.15, 0.2) is 77.9 Å². The van der Waals surface area contributed by atoms with Gasteiger partial charge in [-0.2, -0.15) is 5.10 Å². The van der Waals surface area contributed by atoms with Gasteiger partial charge in [-0.1, -0.05) is 78.0 Å². The maximum atomic E-state index is 6.20. The highest BCUT2D eigenvalue weighted by Crippen LogP contribution is 2.38. The van der Waals surface area contributed by atoms with E-state index in [1.165, 1.54) is 0 Å². The average molecular weight is 411 g/mol. The van der Waals surface area contributed by atoms with Gasteiger partial charge in [0.1, 0.15) is 17.0 Å². The number of methoxy groups -OCH3 is 1. The zero-order chi connectivity index (χ0) is 19.3. The molecule has 1 N–H and O–H groups in total. The number of nitrogens with one attached hydrogen (secondary N) is 1. The molecule has 6 heteroatoms. The maximum absolute atomic E-state index is 6.20. The van der Waals surface area contributed by atoms with E-state index in [0.29, 0.717) is 23.1 Å². The van der Waals surface area contributed by atoms with Gasteiger partial charge in [0.15, 0.2) is 11.5 Å². The first kappa shape index (κ1) is 18.7. The van der Waals surface area contributed by atoms with Crippen molar-refractivity contribution in [3.63, 3.8) is 0 Å². The van der Waals surface area contributed by atoms with Crippen LogP contribution in [0.2, 0.25) is 5.02 Å². The Kier molecular flexibility index (Phi) is 5.74. The van der Waals surface area contributed by atoms with E-state index in [-0.39, 0.29) is 5.37 Å². The maximum Gasteiger partial charge on any atom is 0.161 e. The SMILES string of the molecule is COc1cc([C@H]2NN=C(c3ccccc3)S2)ccc1OCc1ccccc1Cl. The molecule has 4 nitrogen and oxygen atoms in total. The van der Waals surface area contributed by atoms with E-state index in [2.05, 4.69) is 22.7 Å². The van der Waals surface area contributed by atoms with Gasteiger partial charge in [0.25, 0.3) is 0 Å². The molecule has 1 atom stereocenters. The third kappa shape index (κ3) is 4.11. The summed E-state index contributed by atoms with van der Waals surface area (Å²) < 4.78 is 11.5. The summed E-state index contributed by atoms with van der Waals surface area (Å²) in [6.07, 6.45) is 0. The molecule has 4 rings (SSSR count). The molecule has 3 aromatic carbocycles. The number of hydrazone groups is 1. The second kappa shape index (κ2) is 8.59. The standard InChI is InChI=1S/C22H19ClN2O2S/c1-26-20-13-16(22-25-24-21(28-22)15-7-3-2-4-8-15)11-12-19(20)27-14-17-9-5-6-10-18(17)23/h2-13,22,25H,14H2,1H3/t22-/m0/s1. The summed E-state index contributed by atoms with van der Waals surface area (Å²) in [6, 6.07) is 23.7. The molecule has 142 valence electrons. The minimum absolute atomic E-state index is 0.0294. The highest BCUT2D eigenvalue weighted by molar-refractivity contribution is 8.14. The fraction of sp³-hybridized carbons (Fsp3) is 0.136. The Bertz CT molecular complexity index is 995. The van der Waals surface area contributed by atoms with Crippen molar-refractivity contribution in [1.82, 2.24) is 5.43 Å². The van der Waals surface area contributed by atoms with Gasteiger partial charge in [-0.25, -0.2) is 0 Å². The number of nitrogens with zero attached hydrogens (tertiary/aromatic N) is 1. The largest absolute Gasteiger partial charge is 0.493 e. The Hall–Kier alpha value is -2.63. The van der Waals surface area contributed by atoms with Gasteiger partial charge in [0.05, 0.1) is 7.11 Å². The Morgan fingerprint density at radius 2 is 1.79 bits per heavy atom. The van der Waals surface area contributed by atoms with Gasteiger partial charge >= 0.3 is 0 Å². The molecule has 1 aliphatic heterocycles. The fourth-order valence-electron chi connectivity index (χ4n) is 2.87. The number of halogens is 1. The van der Waals surface area contributed by atoms with Crippen LogP contribution in [-0.4, -0.2) is 12.2 Å². The van der Waals surface area contributed by atoms with E-state index in [9.17, 15) is 0 Å². The van der Waals surface area contributed by atoms with Crippen molar-refractivity contribution in [2.24, 2.45) is 5.10 Å². The molecular formula is C22H19ClN2O2S. The van der Waals surface area contributed by atoms with Crippen LogP contribution in [0.5, 0.6) is 11.5 Å². The molecule has 0 saturated carbocycles. The first-order chi connectivity index (χ1) is 13.7. The molecule has 0 unspecified atom stereocenters. The Morgan fingerprint density at radius 1 is 1.00 bits per heavy atom. The number of benzene rings is 3. The van der Waals surface area contributed by atoms with Gasteiger partial charge in [0, 0.05) is 16.1 Å². The summed E-state index contributed by atoms with van der Waals surface area (Å²) >= 11 is 7.88. The summed E-state index contributed by atoms with van der Waals surface area (Å²) in [6.45, 7) is 0.382. The molecule has 1 heterocycles. The Balaban J connectivity index is 1.46. The summed E-state index contributed by atoms with van der Waals surface area (Å²) in [5.74, 6) is 1.36. The van der Waals surface area contributed by atoms with Gasteiger partial charge in [-0.05, 0) is 23.8 Å². The molecule has 1 aliphatic rings. The first-order valence-corrected chi connectivity index (χ1v) is 10.1. The molecule has 0 amide bonds. The quantitative estimate of drug-likeness (QED) is 0.572. The molecule has 0 bridgehead atoms. The number of ether oxygens (including phenoxy) is 2. The van der Waals surface area contributed by atoms with Gasteiger partial charge < -0.3 is 9.47 Å². The molecule has 3 aromatic rings. The third-order valence-corrected chi connectivity index (χ3v) is 5.90. The van der Waals surface area contributed by atoms with E-state index < -0.39 is 0 Å². The second-order valence-electron chi connectivity index (χ2n) is 6.20.